The summed E-state index contributed by atoms with van der Waals surface area (Å²) in [4.78, 5) is 122. The zero-order valence-electron chi connectivity index (χ0n) is 30.5. The zero-order chi connectivity index (χ0) is 42.8. The molecule has 0 bridgehead atoms. The van der Waals surface area contributed by atoms with Crippen LogP contribution in [-0.2, 0) is 47.9 Å². The van der Waals surface area contributed by atoms with Crippen LogP contribution >= 0.6 is 0 Å². The van der Waals surface area contributed by atoms with Crippen LogP contribution < -0.4 is 10.6 Å². The lowest BCUT2D eigenvalue weighted by Crippen LogP contribution is -2.48. The van der Waals surface area contributed by atoms with E-state index < -0.39 is 125 Å². The molecule has 26 nitrogen and oxygen atoms in total. The molecule has 0 aromatic carbocycles. The van der Waals surface area contributed by atoms with E-state index in [2.05, 4.69) is 10.6 Å². The number of carbonyl (C=O) groups excluding carboxylic acids is 2. The van der Waals surface area contributed by atoms with Gasteiger partial charge in [-0.1, -0.05) is 0 Å². The molecule has 0 rings (SSSR count). The number of carbonyl (C=O) groups is 10. The number of carboxylic acid groups (broad SMARTS) is 8. The second kappa shape index (κ2) is 28.0. The summed E-state index contributed by atoms with van der Waals surface area (Å²) in [5.74, 6) is -11.7. The first-order valence-electron chi connectivity index (χ1n) is 16.8. The molecule has 0 aliphatic heterocycles. The molecule has 0 saturated heterocycles. The van der Waals surface area contributed by atoms with Gasteiger partial charge in [-0.15, -0.1) is 0 Å². The molecule has 56 heavy (non-hydrogen) atoms. The van der Waals surface area contributed by atoms with Crippen molar-refractivity contribution in [1.82, 2.24) is 40.0 Å². The van der Waals surface area contributed by atoms with E-state index in [1.54, 1.807) is 0 Å². The highest BCUT2D eigenvalue weighted by atomic mass is 16.4. The Morgan fingerprint density at radius 1 is 0.268 bits per heavy atom. The van der Waals surface area contributed by atoms with E-state index in [0.717, 1.165) is 9.80 Å². The summed E-state index contributed by atoms with van der Waals surface area (Å²) in [6.07, 6.45) is 0. The maximum Gasteiger partial charge on any atom is 0.317 e. The molecule has 10 N–H and O–H groups in total. The predicted molar refractivity (Wildman–Crippen MR) is 186 cm³/mol. The second-order valence-electron chi connectivity index (χ2n) is 12.2. The van der Waals surface area contributed by atoms with Crippen molar-refractivity contribution >= 4 is 59.6 Å². The minimum Gasteiger partial charge on any atom is -0.480 e. The second-order valence-corrected chi connectivity index (χ2v) is 12.2. The Bertz CT molecular complexity index is 1240. The lowest BCUT2D eigenvalue weighted by atomic mass is 10.3. The number of carboxylic acids is 8. The van der Waals surface area contributed by atoms with E-state index in [1.807, 2.05) is 0 Å². The summed E-state index contributed by atoms with van der Waals surface area (Å²) in [5, 5.41) is 78.2. The fourth-order valence-corrected chi connectivity index (χ4v) is 4.98. The summed E-state index contributed by atoms with van der Waals surface area (Å²) in [6.45, 7) is -6.95. The first kappa shape index (κ1) is 50.5. The Morgan fingerprint density at radius 2 is 0.429 bits per heavy atom. The van der Waals surface area contributed by atoms with Crippen LogP contribution in [0.5, 0.6) is 0 Å². The minimum atomic E-state index is -1.31. The first-order valence-corrected chi connectivity index (χ1v) is 16.8. The maximum absolute atomic E-state index is 12.6. The number of nitrogens with one attached hydrogen (secondary N) is 2. The third kappa shape index (κ3) is 28.9. The average Bonchev–Trinajstić information content (AvgIpc) is 3.03. The van der Waals surface area contributed by atoms with Crippen LogP contribution in [0.25, 0.3) is 0 Å². The van der Waals surface area contributed by atoms with Crippen LogP contribution in [-0.4, -0.2) is 261 Å². The van der Waals surface area contributed by atoms with Gasteiger partial charge < -0.3 is 51.5 Å². The van der Waals surface area contributed by atoms with Gasteiger partial charge in [-0.2, -0.15) is 0 Å². The standard InChI is InChI=1S/C30H50N8O18/c39-21(11-35(15-25(45)46)7-3-33(13-23(41)42)5-9-37(17-27(49)50)18-28(51)52)31-1-2-32-22(40)12-36(16-26(47)48)8-4-34(14-24(43)44)6-10-38(19-29(53)54)20-30(55)56/h1-20H2,(H,31,39)(H,32,40)(H,41,42)(H,43,44)(H,45,46)(H,47,48)(H,49,50)(H,51,52)(H,53,54)(H,55,56). The van der Waals surface area contributed by atoms with Gasteiger partial charge >= 0.3 is 47.8 Å². The number of amides is 2. The van der Waals surface area contributed by atoms with Crippen LogP contribution in [0, 0.1) is 0 Å². The van der Waals surface area contributed by atoms with Gasteiger partial charge in [0.25, 0.3) is 0 Å². The molecule has 0 unspecified atom stereocenters. The molecule has 318 valence electrons. The van der Waals surface area contributed by atoms with E-state index >= 15 is 0 Å². The lowest BCUT2D eigenvalue weighted by molar-refractivity contribution is -0.144. The SMILES string of the molecule is O=C(O)CN(CCN(CC(=O)O)CC(=O)O)CCN(CC(=O)O)CC(=O)NCCNC(=O)CN(CCN(CCN(CC(=O)O)CC(=O)O)CC(=O)O)CC(=O)O. The smallest absolute Gasteiger partial charge is 0.317 e. The molecule has 26 heteroatoms. The fraction of sp³-hybridized carbons (Fsp3) is 0.667. The maximum atomic E-state index is 12.6. The van der Waals surface area contributed by atoms with Gasteiger partial charge in [0.05, 0.1) is 65.4 Å². The Morgan fingerprint density at radius 3 is 0.625 bits per heavy atom. The first-order chi connectivity index (χ1) is 26.1. The van der Waals surface area contributed by atoms with Crippen LogP contribution in [0.4, 0.5) is 0 Å². The molecule has 2 amide bonds. The highest BCUT2D eigenvalue weighted by Crippen LogP contribution is 1.99. The quantitative estimate of drug-likeness (QED) is 0.0266. The van der Waals surface area contributed by atoms with Crippen molar-refractivity contribution in [2.75, 3.05) is 131 Å². The molecule has 0 aliphatic rings. The molecule has 0 aliphatic carbocycles. The zero-order valence-corrected chi connectivity index (χ0v) is 30.5. The van der Waals surface area contributed by atoms with Crippen molar-refractivity contribution in [3.8, 4) is 0 Å². The number of aliphatic carboxylic acids is 8. The van der Waals surface area contributed by atoms with Crippen molar-refractivity contribution < 1.29 is 88.8 Å². The van der Waals surface area contributed by atoms with Crippen LogP contribution in [0.3, 0.4) is 0 Å². The Kier molecular flexibility index (Phi) is 25.2. The molecule has 0 atom stereocenters. The highest BCUT2D eigenvalue weighted by molar-refractivity contribution is 5.80. The van der Waals surface area contributed by atoms with Crippen molar-refractivity contribution in [1.29, 1.82) is 0 Å². The summed E-state index contributed by atoms with van der Waals surface area (Å²) in [7, 11) is 0. The molecule has 0 fully saturated rings. The Hall–Kier alpha value is -5.54. The number of hydrogen-bond donors (Lipinski definition) is 10. The summed E-state index contributed by atoms with van der Waals surface area (Å²) in [5.41, 5.74) is 0. The monoisotopic (exact) mass is 810 g/mol. The molecule has 0 aromatic rings. The van der Waals surface area contributed by atoms with E-state index in [4.69, 9.17) is 20.4 Å². The summed E-state index contributed by atoms with van der Waals surface area (Å²) < 4.78 is 0. The predicted octanol–water partition coefficient (Wildman–Crippen LogP) is -6.29. The average molecular weight is 811 g/mol. The number of hydrogen-bond acceptors (Lipinski definition) is 16. The van der Waals surface area contributed by atoms with E-state index in [1.165, 1.54) is 19.6 Å². The molecule has 0 spiro atoms. The lowest BCUT2D eigenvalue weighted by Gasteiger charge is -2.27. The minimum absolute atomic E-state index is 0.0912. The Labute approximate surface area is 319 Å². The molecule has 0 saturated carbocycles. The molecule has 0 aromatic heterocycles. The van der Waals surface area contributed by atoms with Crippen LogP contribution in [0.2, 0.25) is 0 Å². The third-order valence-corrected chi connectivity index (χ3v) is 7.30. The van der Waals surface area contributed by atoms with E-state index in [-0.39, 0.29) is 65.4 Å². The summed E-state index contributed by atoms with van der Waals surface area (Å²) >= 11 is 0. The van der Waals surface area contributed by atoms with Gasteiger partial charge in [-0.3, -0.25) is 77.3 Å². The van der Waals surface area contributed by atoms with Crippen LogP contribution in [0.15, 0.2) is 0 Å². The van der Waals surface area contributed by atoms with Crippen molar-refractivity contribution in [2.24, 2.45) is 0 Å². The van der Waals surface area contributed by atoms with Crippen molar-refractivity contribution in [2.45, 2.75) is 0 Å². The Balaban J connectivity index is 5.16. The molecular formula is C30H50N8O18. The largest absolute Gasteiger partial charge is 0.480 e. The van der Waals surface area contributed by atoms with Gasteiger partial charge in [0.1, 0.15) is 0 Å². The molecule has 0 heterocycles. The van der Waals surface area contributed by atoms with Gasteiger partial charge in [0.15, 0.2) is 0 Å². The fourth-order valence-electron chi connectivity index (χ4n) is 4.98. The van der Waals surface area contributed by atoms with Gasteiger partial charge in [0, 0.05) is 65.4 Å². The topological polar surface area (TPSA) is 376 Å². The molecule has 0 radical (unpaired) electrons. The van der Waals surface area contributed by atoms with Crippen molar-refractivity contribution in [3.05, 3.63) is 0 Å². The van der Waals surface area contributed by atoms with Crippen LogP contribution in [0.1, 0.15) is 0 Å². The normalized spacial score (nSPS) is 11.3. The third-order valence-electron chi connectivity index (χ3n) is 7.30. The summed E-state index contributed by atoms with van der Waals surface area (Å²) in [6, 6.07) is 0. The molecular weight excluding hydrogens is 760 g/mol. The van der Waals surface area contributed by atoms with E-state index in [0.29, 0.717) is 0 Å². The number of rotatable bonds is 35. The number of nitrogens with zero attached hydrogens (tertiary/aromatic N) is 6. The van der Waals surface area contributed by atoms with Gasteiger partial charge in [0.2, 0.25) is 11.8 Å². The van der Waals surface area contributed by atoms with E-state index in [9.17, 15) is 68.4 Å². The van der Waals surface area contributed by atoms with Gasteiger partial charge in [-0.05, 0) is 0 Å². The van der Waals surface area contributed by atoms with Gasteiger partial charge in [-0.25, -0.2) is 0 Å². The van der Waals surface area contributed by atoms with Crippen molar-refractivity contribution in [3.63, 3.8) is 0 Å². The highest BCUT2D eigenvalue weighted by Gasteiger charge is 2.22.